The second kappa shape index (κ2) is 6.55. The summed E-state index contributed by atoms with van der Waals surface area (Å²) in [5, 5.41) is 2.83. The predicted molar refractivity (Wildman–Crippen MR) is 139 cm³/mol. The van der Waals surface area contributed by atoms with Crippen molar-refractivity contribution in [2.45, 2.75) is 79.6 Å². The number of rotatable bonds is 2. The molecule has 0 aromatic heterocycles. The lowest BCUT2D eigenvalue weighted by atomic mass is 9.80. The second-order valence-electron chi connectivity index (χ2n) is 11.8. The van der Waals surface area contributed by atoms with E-state index in [-0.39, 0.29) is 5.41 Å². The number of benzene rings is 2. The van der Waals surface area contributed by atoms with E-state index in [1.54, 1.807) is 5.19 Å². The zero-order chi connectivity index (χ0) is 23.3. The third-order valence-corrected chi connectivity index (χ3v) is 26.2. The van der Waals surface area contributed by atoms with E-state index in [0.29, 0.717) is 5.56 Å². The van der Waals surface area contributed by atoms with Gasteiger partial charge in [0.15, 0.2) is 0 Å². The summed E-state index contributed by atoms with van der Waals surface area (Å²) in [6, 6.07) is 4.66. The first-order valence-electron chi connectivity index (χ1n) is 11.4. The van der Waals surface area contributed by atoms with Crippen molar-refractivity contribution in [2.75, 3.05) is 0 Å². The molecule has 2 bridgehead atoms. The molecule has 31 heavy (non-hydrogen) atoms. The van der Waals surface area contributed by atoms with E-state index in [2.05, 4.69) is 85.9 Å². The highest BCUT2D eigenvalue weighted by Gasteiger charge is 2.54. The molecule has 1 heterocycles. The van der Waals surface area contributed by atoms with Crippen LogP contribution in [0.3, 0.4) is 0 Å². The van der Waals surface area contributed by atoms with Crippen molar-refractivity contribution in [3.63, 3.8) is 0 Å². The zero-order valence-corrected chi connectivity index (χ0v) is 22.8. The summed E-state index contributed by atoms with van der Waals surface area (Å²) in [7, 11) is -3.56. The van der Waals surface area contributed by atoms with E-state index in [1.807, 2.05) is 0 Å². The molecule has 0 saturated carbocycles. The molecule has 0 saturated heterocycles. The van der Waals surface area contributed by atoms with Crippen molar-refractivity contribution in [3.05, 3.63) is 51.1 Å². The third-order valence-electron chi connectivity index (χ3n) is 8.32. The standard InChI is InChI=1S/C27H36NOSi2/c1-15-11-18-13-19(27(4,5)6)14-21(20(18)12-15)22-16(2)24-17(3)25(23(22)26(28)29)31(9,10)30(24,7)8/h11,13-14,28H,12H2,1-10H3. The Bertz CT molecular complexity index is 1190. The first kappa shape index (κ1) is 22.3. The molecule has 0 atom stereocenters. The predicted octanol–water partition coefficient (Wildman–Crippen LogP) is 5.57. The van der Waals surface area contributed by atoms with Gasteiger partial charge in [0.05, 0.1) is 15.2 Å². The Hall–Kier alpha value is -1.92. The zero-order valence-electron chi connectivity index (χ0n) is 20.8. The second-order valence-corrected chi connectivity index (χ2v) is 26.8. The molecule has 4 heteroatoms. The molecular formula is C27H36NOSi2. The quantitative estimate of drug-likeness (QED) is 0.556. The van der Waals surface area contributed by atoms with Crippen LogP contribution >= 0.6 is 0 Å². The molecule has 4 rings (SSSR count). The van der Waals surface area contributed by atoms with Crippen molar-refractivity contribution >= 4 is 37.5 Å². The minimum atomic E-state index is -1.84. The Morgan fingerprint density at radius 3 is 2.06 bits per heavy atom. The SMILES string of the molecule is CC1=Cc2cc(C(C)(C)C)cc(-c3c(C)c4c(C)c(c3C([NH])=O)[Si](C)(C)[Si]4(C)C)c2C1. The Balaban J connectivity index is 2.19. The molecule has 1 N–H and O–H groups in total. The molecule has 0 spiro atoms. The molecule has 0 unspecified atom stereocenters. The molecule has 0 fully saturated rings. The van der Waals surface area contributed by atoms with Crippen molar-refractivity contribution in [1.29, 1.82) is 0 Å². The van der Waals surface area contributed by atoms with Crippen molar-refractivity contribution in [1.82, 2.24) is 5.73 Å². The molecular weight excluding hydrogens is 410 g/mol. The van der Waals surface area contributed by atoms with Crippen LogP contribution in [0.25, 0.3) is 17.2 Å². The fourth-order valence-electron chi connectivity index (χ4n) is 6.21. The minimum absolute atomic E-state index is 0.0196. The number of nitrogens with one attached hydrogen (secondary N) is 1. The van der Waals surface area contributed by atoms with Crippen LogP contribution in [-0.2, 0) is 11.8 Å². The van der Waals surface area contributed by atoms with Gasteiger partial charge in [-0.1, -0.05) is 81.5 Å². The summed E-state index contributed by atoms with van der Waals surface area (Å²) in [6.07, 6.45) is 3.24. The van der Waals surface area contributed by atoms with Crippen molar-refractivity contribution < 1.29 is 4.79 Å². The molecule has 1 radical (unpaired) electrons. The molecule has 1 aliphatic carbocycles. The Morgan fingerprint density at radius 1 is 0.935 bits per heavy atom. The third kappa shape index (κ3) is 2.91. The lowest BCUT2D eigenvalue weighted by molar-refractivity contribution is 0.0993. The maximum absolute atomic E-state index is 13.0. The van der Waals surface area contributed by atoms with Crippen LogP contribution in [-0.4, -0.2) is 21.1 Å². The highest BCUT2D eigenvalue weighted by molar-refractivity contribution is 7.52. The molecule has 1 aliphatic heterocycles. The number of carbonyl (C=O) groups is 1. The van der Waals surface area contributed by atoms with Gasteiger partial charge in [0.25, 0.3) is 5.91 Å². The molecule has 163 valence electrons. The van der Waals surface area contributed by atoms with Crippen LogP contribution in [0.15, 0.2) is 17.7 Å². The van der Waals surface area contributed by atoms with Gasteiger partial charge in [-0.3, -0.25) is 10.5 Å². The average Bonchev–Trinajstić information content (AvgIpc) is 3.02. The number of hydrogen-bond acceptors (Lipinski definition) is 1. The highest BCUT2D eigenvalue weighted by atomic mass is 29.3. The summed E-state index contributed by atoms with van der Waals surface area (Å²) in [6.45, 7) is 23.3. The largest absolute Gasteiger partial charge is 0.270 e. The Kier molecular flexibility index (Phi) is 4.71. The summed E-state index contributed by atoms with van der Waals surface area (Å²) in [4.78, 5) is 13.0. The molecule has 2 aromatic rings. The van der Waals surface area contributed by atoms with E-state index in [1.165, 1.54) is 44.1 Å². The van der Waals surface area contributed by atoms with E-state index in [4.69, 9.17) is 5.73 Å². The van der Waals surface area contributed by atoms with Crippen molar-refractivity contribution in [2.24, 2.45) is 0 Å². The molecule has 2 aromatic carbocycles. The maximum atomic E-state index is 13.0. The number of carbonyl (C=O) groups excluding carboxylic acids is 1. The van der Waals surface area contributed by atoms with E-state index in [9.17, 15) is 4.79 Å². The first-order chi connectivity index (χ1) is 14.1. The number of hydrogen-bond donors (Lipinski definition) is 0. The average molecular weight is 447 g/mol. The fraction of sp³-hybridized carbons (Fsp3) is 0.444. The summed E-state index contributed by atoms with van der Waals surface area (Å²) >= 11 is 0. The van der Waals surface area contributed by atoms with Gasteiger partial charge >= 0.3 is 0 Å². The Labute approximate surface area is 189 Å². The normalized spacial score (nSPS) is 18.2. The van der Waals surface area contributed by atoms with Crippen LogP contribution in [0.2, 0.25) is 26.2 Å². The van der Waals surface area contributed by atoms with Gasteiger partial charge in [-0.2, -0.15) is 0 Å². The minimum Gasteiger partial charge on any atom is -0.267 e. The smallest absolute Gasteiger partial charge is 0.267 e. The molecule has 2 aliphatic rings. The van der Waals surface area contributed by atoms with Gasteiger partial charge in [-0.05, 0) is 71.2 Å². The van der Waals surface area contributed by atoms with Gasteiger partial charge < -0.3 is 0 Å². The lowest BCUT2D eigenvalue weighted by Crippen LogP contribution is -2.64. The Morgan fingerprint density at radius 2 is 1.52 bits per heavy atom. The van der Waals surface area contributed by atoms with Crippen LogP contribution in [0.5, 0.6) is 0 Å². The molecule has 1 amide bonds. The number of amides is 1. The first-order valence-corrected chi connectivity index (χ1v) is 18.4. The van der Waals surface area contributed by atoms with Crippen LogP contribution < -0.4 is 16.1 Å². The van der Waals surface area contributed by atoms with Gasteiger partial charge in [0.2, 0.25) is 0 Å². The van der Waals surface area contributed by atoms with E-state index < -0.39 is 21.1 Å². The summed E-state index contributed by atoms with van der Waals surface area (Å²) in [5.41, 5.74) is 19.2. The van der Waals surface area contributed by atoms with Crippen LogP contribution in [0, 0.1) is 13.8 Å². The highest BCUT2D eigenvalue weighted by Crippen LogP contribution is 2.43. The lowest BCUT2D eigenvalue weighted by Gasteiger charge is -2.33. The van der Waals surface area contributed by atoms with Gasteiger partial charge in [0, 0.05) is 5.56 Å². The van der Waals surface area contributed by atoms with Gasteiger partial charge in [-0.25, -0.2) is 0 Å². The topological polar surface area (TPSA) is 40.9 Å². The summed E-state index contributed by atoms with van der Waals surface area (Å²) < 4.78 is 0. The molecule has 2 nitrogen and oxygen atoms in total. The van der Waals surface area contributed by atoms with Crippen LogP contribution in [0.4, 0.5) is 0 Å². The number of fused-ring (bicyclic) bond motifs is 3. The fourth-order valence-corrected chi connectivity index (χ4v) is 17.4. The number of allylic oxidation sites excluding steroid dienone is 1. The monoisotopic (exact) mass is 446 g/mol. The van der Waals surface area contributed by atoms with Gasteiger partial charge in [0.1, 0.15) is 0 Å². The van der Waals surface area contributed by atoms with E-state index >= 15 is 0 Å². The summed E-state index contributed by atoms with van der Waals surface area (Å²) in [5.74, 6) is -0.507. The van der Waals surface area contributed by atoms with Gasteiger partial charge in [-0.15, -0.1) is 0 Å². The van der Waals surface area contributed by atoms with Crippen LogP contribution in [0.1, 0.15) is 65.9 Å². The van der Waals surface area contributed by atoms with Crippen molar-refractivity contribution in [3.8, 4) is 11.1 Å². The maximum Gasteiger partial charge on any atom is 0.270 e. The van der Waals surface area contributed by atoms with E-state index in [0.717, 1.165) is 12.0 Å².